The van der Waals surface area contributed by atoms with Crippen molar-refractivity contribution in [3.8, 4) is 22.3 Å². The van der Waals surface area contributed by atoms with Crippen LogP contribution in [0.15, 0.2) is 109 Å². The Kier molecular flexibility index (Phi) is 6.62. The summed E-state index contributed by atoms with van der Waals surface area (Å²) >= 11 is 0. The Hall–Kier alpha value is -5.46. The molecule has 0 heterocycles. The van der Waals surface area contributed by atoms with Crippen LogP contribution in [0, 0.1) is 11.8 Å². The number of allylic oxidation sites excluding steroid dienone is 1. The van der Waals surface area contributed by atoms with Crippen LogP contribution >= 0.6 is 0 Å². The van der Waals surface area contributed by atoms with Crippen LogP contribution in [0.3, 0.4) is 0 Å². The molecule has 0 radical (unpaired) electrons. The fourth-order valence-electron chi connectivity index (χ4n) is 11.2. The minimum Gasteiger partial charge on any atom is -0.0802 e. The van der Waals surface area contributed by atoms with E-state index in [-0.39, 0.29) is 5.41 Å². The van der Waals surface area contributed by atoms with Crippen LogP contribution in [0.25, 0.3) is 99.0 Å². The second-order valence-electron chi connectivity index (χ2n) is 19.0. The Balaban J connectivity index is 1.34. The Bertz CT molecular complexity index is 3220. The third-order valence-corrected chi connectivity index (χ3v) is 14.4. The molecule has 3 aliphatic carbocycles. The first-order valence-corrected chi connectivity index (χ1v) is 21.2. The first-order chi connectivity index (χ1) is 27.2. The van der Waals surface area contributed by atoms with Gasteiger partial charge in [-0.3, -0.25) is 0 Å². The Morgan fingerprint density at radius 1 is 0.607 bits per heavy atom. The van der Waals surface area contributed by atoms with Crippen LogP contribution in [-0.2, 0) is 11.8 Å². The highest BCUT2D eigenvalue weighted by molar-refractivity contribution is 6.37. The normalized spacial score (nSPS) is 18.1. The van der Waals surface area contributed by atoms with Crippen molar-refractivity contribution < 1.29 is 0 Å². The maximum Gasteiger partial charge on any atom is -0.000743 e. The molecular formula is C56H48. The molecule has 0 N–H and O–H groups in total. The van der Waals surface area contributed by atoms with Crippen LogP contribution < -0.4 is 5.22 Å². The lowest BCUT2D eigenvalue weighted by Crippen LogP contribution is -2.11. The fraction of sp³-hybridized carbons (Fsp3) is 0.250. The largest absolute Gasteiger partial charge is 0.0802 e. The van der Waals surface area contributed by atoms with Gasteiger partial charge in [-0.2, -0.15) is 0 Å². The molecule has 0 heteroatoms. The average Bonchev–Trinajstić information content (AvgIpc) is 3.86. The Labute approximate surface area is 329 Å². The van der Waals surface area contributed by atoms with Gasteiger partial charge in [0.15, 0.2) is 0 Å². The smallest absolute Gasteiger partial charge is 0.000743 e. The van der Waals surface area contributed by atoms with E-state index >= 15 is 0 Å². The molecule has 0 bridgehead atoms. The number of aryl methyl sites for hydroxylation is 1. The van der Waals surface area contributed by atoms with Gasteiger partial charge in [-0.25, -0.2) is 0 Å². The molecule has 1 saturated carbocycles. The Morgan fingerprint density at radius 2 is 1.27 bits per heavy atom. The van der Waals surface area contributed by atoms with Gasteiger partial charge in [0, 0.05) is 0 Å². The van der Waals surface area contributed by atoms with Gasteiger partial charge in [0.25, 0.3) is 0 Å². The van der Waals surface area contributed by atoms with E-state index in [1.807, 2.05) is 0 Å². The van der Waals surface area contributed by atoms with E-state index in [9.17, 15) is 0 Å². The molecule has 0 amide bonds. The minimum atomic E-state index is 0.0329. The fourth-order valence-corrected chi connectivity index (χ4v) is 11.2. The number of hydrogen-bond acceptors (Lipinski definition) is 0. The lowest BCUT2D eigenvalue weighted by atomic mass is 9.83. The molecule has 1 fully saturated rings. The maximum absolute atomic E-state index is 2.62. The summed E-state index contributed by atoms with van der Waals surface area (Å²) in [6.45, 7) is 14.2. The molecule has 0 spiro atoms. The van der Waals surface area contributed by atoms with E-state index in [4.69, 9.17) is 0 Å². The number of hydrogen-bond donors (Lipinski definition) is 0. The predicted octanol–water partition coefficient (Wildman–Crippen LogP) is 15.0. The SMILES string of the molecule is CC(C)C(C)c1cc2cc(C(C)(C)C)cc3c4cc5c(-c6ccccc6)c6c(c(-c7ccccc7)c5cc4c(c1)c23)c1c2c(c3c(cc26)C=CC2CC32)CCC=1. The van der Waals surface area contributed by atoms with Crippen molar-refractivity contribution in [2.75, 3.05) is 0 Å². The summed E-state index contributed by atoms with van der Waals surface area (Å²) in [5, 5.41) is 18.4. The van der Waals surface area contributed by atoms with Crippen molar-refractivity contribution in [2.45, 2.75) is 78.1 Å². The summed E-state index contributed by atoms with van der Waals surface area (Å²) in [4.78, 5) is 0. The summed E-state index contributed by atoms with van der Waals surface area (Å²) in [7, 11) is 0. The average molecular weight is 721 g/mol. The monoisotopic (exact) mass is 720 g/mol. The van der Waals surface area contributed by atoms with Gasteiger partial charge in [-0.05, 0) is 193 Å². The molecule has 3 unspecified atom stereocenters. The van der Waals surface area contributed by atoms with E-state index in [0.717, 1.165) is 18.8 Å². The zero-order chi connectivity index (χ0) is 37.8. The highest BCUT2D eigenvalue weighted by Gasteiger charge is 2.42. The minimum absolute atomic E-state index is 0.0329. The Morgan fingerprint density at radius 3 is 1.93 bits per heavy atom. The van der Waals surface area contributed by atoms with Crippen LogP contribution in [-0.4, -0.2) is 0 Å². The first-order valence-electron chi connectivity index (χ1n) is 21.2. The first kappa shape index (κ1) is 32.8. The van der Waals surface area contributed by atoms with E-state index in [2.05, 4.69) is 163 Å². The van der Waals surface area contributed by atoms with Crippen LogP contribution in [0.2, 0.25) is 0 Å². The van der Waals surface area contributed by atoms with Gasteiger partial charge >= 0.3 is 0 Å². The van der Waals surface area contributed by atoms with Gasteiger partial charge in [-0.1, -0.05) is 139 Å². The van der Waals surface area contributed by atoms with Gasteiger partial charge in [-0.15, -0.1) is 0 Å². The van der Waals surface area contributed by atoms with E-state index < -0.39 is 0 Å². The summed E-state index contributed by atoms with van der Waals surface area (Å²) < 4.78 is 0. The third-order valence-electron chi connectivity index (χ3n) is 14.4. The van der Waals surface area contributed by atoms with E-state index in [1.54, 1.807) is 11.1 Å². The maximum atomic E-state index is 2.62. The molecule has 0 nitrogen and oxygen atoms in total. The van der Waals surface area contributed by atoms with Crippen LogP contribution in [0.5, 0.6) is 0 Å². The van der Waals surface area contributed by atoms with Crippen molar-refractivity contribution in [3.05, 3.63) is 142 Å². The molecule has 56 heavy (non-hydrogen) atoms. The summed E-state index contributed by atoms with van der Waals surface area (Å²) in [6, 6.07) is 40.6. The molecule has 272 valence electrons. The van der Waals surface area contributed by atoms with E-state index in [0.29, 0.717) is 17.8 Å². The highest BCUT2D eigenvalue weighted by atomic mass is 14.5. The van der Waals surface area contributed by atoms with Crippen molar-refractivity contribution in [1.29, 1.82) is 0 Å². The number of fused-ring (bicyclic) bond motifs is 11. The van der Waals surface area contributed by atoms with E-state index in [1.165, 1.54) is 115 Å². The molecule has 3 aliphatic rings. The quantitative estimate of drug-likeness (QED) is 0.170. The van der Waals surface area contributed by atoms with Gasteiger partial charge in [0.1, 0.15) is 0 Å². The predicted molar refractivity (Wildman–Crippen MR) is 243 cm³/mol. The standard InChI is InChI=1S/C56H48/c1-30(2)31(3)36-22-37-23-38(56(4,5)6)27-45-43-29-47-46(28-42(43)44(26-36)50(37)45)51(32-14-9-7-10-15-32)54-40-19-13-18-39-49-35(21-20-34-24-41(34)49)25-48(53(39)40)55(54)52(47)33-16-11-8-12-17-33/h7-12,14-17,19-23,25-31,34,41H,13,18,24H2,1-6H3. The summed E-state index contributed by atoms with van der Waals surface area (Å²) in [5.41, 5.74) is 13.0. The zero-order valence-corrected chi connectivity index (χ0v) is 33.5. The molecule has 12 rings (SSSR count). The number of benzene rings is 7. The molecular weight excluding hydrogens is 673 g/mol. The zero-order valence-electron chi connectivity index (χ0n) is 33.5. The van der Waals surface area contributed by atoms with Crippen molar-refractivity contribution in [3.63, 3.8) is 0 Å². The summed E-state index contributed by atoms with van der Waals surface area (Å²) in [6.07, 6.45) is 11.1. The lowest BCUT2D eigenvalue weighted by molar-refractivity contribution is 0.536. The van der Waals surface area contributed by atoms with Gasteiger partial charge in [0.2, 0.25) is 0 Å². The third kappa shape index (κ3) is 4.42. The molecule has 0 aromatic heterocycles. The molecule has 9 aromatic rings. The topological polar surface area (TPSA) is 0 Å². The molecule has 0 saturated heterocycles. The van der Waals surface area contributed by atoms with Crippen molar-refractivity contribution >= 4 is 76.8 Å². The second kappa shape index (κ2) is 11.3. The van der Waals surface area contributed by atoms with Gasteiger partial charge in [0.05, 0.1) is 0 Å². The lowest BCUT2D eigenvalue weighted by Gasteiger charge is -2.21. The second-order valence-corrected chi connectivity index (χ2v) is 19.0. The molecule has 0 aliphatic heterocycles. The van der Waals surface area contributed by atoms with Crippen LogP contribution in [0.1, 0.15) is 94.0 Å². The van der Waals surface area contributed by atoms with Crippen molar-refractivity contribution in [1.82, 2.24) is 0 Å². The van der Waals surface area contributed by atoms with Crippen molar-refractivity contribution in [2.24, 2.45) is 11.8 Å². The van der Waals surface area contributed by atoms with Gasteiger partial charge < -0.3 is 0 Å². The molecule has 9 aromatic carbocycles. The summed E-state index contributed by atoms with van der Waals surface area (Å²) in [5.74, 6) is 2.46. The number of rotatable bonds is 4. The molecule has 3 atom stereocenters. The highest BCUT2D eigenvalue weighted by Crippen LogP contribution is 2.57. The van der Waals surface area contributed by atoms with Crippen LogP contribution in [0.4, 0.5) is 0 Å².